The van der Waals surface area contributed by atoms with E-state index in [1.54, 1.807) is 12.1 Å². The number of carboxylic acid groups (broad SMARTS) is 1. The number of hydrogen-bond acceptors (Lipinski definition) is 5. The molecule has 0 aromatic heterocycles. The number of piperazine rings is 1. The Bertz CT molecular complexity index is 541. The van der Waals surface area contributed by atoms with E-state index in [0.717, 1.165) is 5.69 Å². The molecule has 2 N–H and O–H groups in total. The lowest BCUT2D eigenvalue weighted by molar-refractivity contribution is -0.383. The molecule has 1 aromatic carbocycles. The molecule has 114 valence electrons. The van der Waals surface area contributed by atoms with Gasteiger partial charge in [-0.25, -0.2) is 4.79 Å². The van der Waals surface area contributed by atoms with Crippen LogP contribution in [0.25, 0.3) is 0 Å². The fourth-order valence-corrected chi connectivity index (χ4v) is 2.37. The molecule has 0 atom stereocenters. The van der Waals surface area contributed by atoms with Crippen LogP contribution in [0.15, 0.2) is 18.2 Å². The SMILES string of the molecule is CCNc1cc(N2CCN(C(=O)O)CC2)ccc1[N+](=O)[O-]. The van der Waals surface area contributed by atoms with E-state index in [1.807, 2.05) is 11.8 Å². The van der Waals surface area contributed by atoms with Crippen molar-refractivity contribution >= 4 is 23.2 Å². The summed E-state index contributed by atoms with van der Waals surface area (Å²) in [5.74, 6) is 0. The molecule has 1 aromatic rings. The van der Waals surface area contributed by atoms with Gasteiger partial charge in [0.05, 0.1) is 4.92 Å². The largest absolute Gasteiger partial charge is 0.465 e. The van der Waals surface area contributed by atoms with Gasteiger partial charge < -0.3 is 20.2 Å². The minimum absolute atomic E-state index is 0.0461. The summed E-state index contributed by atoms with van der Waals surface area (Å²) in [6, 6.07) is 4.93. The first-order valence-electron chi connectivity index (χ1n) is 6.78. The number of hydrogen-bond donors (Lipinski definition) is 2. The van der Waals surface area contributed by atoms with Gasteiger partial charge in [-0.2, -0.15) is 0 Å². The first-order chi connectivity index (χ1) is 10.0. The summed E-state index contributed by atoms with van der Waals surface area (Å²) in [6.45, 7) is 4.50. The zero-order chi connectivity index (χ0) is 15.4. The van der Waals surface area contributed by atoms with E-state index in [0.29, 0.717) is 38.4 Å². The molecule has 1 aliphatic heterocycles. The molecule has 0 spiro atoms. The second-order valence-electron chi connectivity index (χ2n) is 4.75. The van der Waals surface area contributed by atoms with Crippen molar-refractivity contribution in [2.45, 2.75) is 6.92 Å². The fourth-order valence-electron chi connectivity index (χ4n) is 2.37. The maximum atomic E-state index is 11.0. The van der Waals surface area contributed by atoms with Crippen molar-refractivity contribution in [1.29, 1.82) is 0 Å². The van der Waals surface area contributed by atoms with Crippen LogP contribution in [-0.4, -0.2) is 53.7 Å². The van der Waals surface area contributed by atoms with Gasteiger partial charge in [0, 0.05) is 44.5 Å². The van der Waals surface area contributed by atoms with Crippen LogP contribution in [0.1, 0.15) is 6.92 Å². The van der Waals surface area contributed by atoms with E-state index in [9.17, 15) is 14.9 Å². The standard InChI is InChI=1S/C13H18N4O4/c1-2-14-11-9-10(3-4-12(11)17(20)21)15-5-7-16(8-6-15)13(18)19/h3-4,9,14H,2,5-8H2,1H3,(H,18,19). The minimum atomic E-state index is -0.910. The van der Waals surface area contributed by atoms with Crippen LogP contribution in [0.5, 0.6) is 0 Å². The van der Waals surface area contributed by atoms with Crippen molar-refractivity contribution in [2.24, 2.45) is 0 Å². The number of nitro groups is 1. The molecule has 1 aliphatic rings. The van der Waals surface area contributed by atoms with E-state index in [4.69, 9.17) is 5.11 Å². The molecule has 0 saturated carbocycles. The lowest BCUT2D eigenvalue weighted by Crippen LogP contribution is -2.48. The van der Waals surface area contributed by atoms with Gasteiger partial charge in [0.2, 0.25) is 0 Å². The Kier molecular flexibility index (Phi) is 4.46. The number of carbonyl (C=O) groups is 1. The summed E-state index contributed by atoms with van der Waals surface area (Å²) in [7, 11) is 0. The maximum Gasteiger partial charge on any atom is 0.407 e. The zero-order valence-electron chi connectivity index (χ0n) is 11.8. The Morgan fingerprint density at radius 1 is 1.38 bits per heavy atom. The molecule has 1 saturated heterocycles. The maximum absolute atomic E-state index is 11.0. The molecule has 1 fully saturated rings. The van der Waals surface area contributed by atoms with Crippen molar-refractivity contribution < 1.29 is 14.8 Å². The van der Waals surface area contributed by atoms with Gasteiger partial charge in [-0.3, -0.25) is 10.1 Å². The molecular weight excluding hydrogens is 276 g/mol. The smallest absolute Gasteiger partial charge is 0.407 e. The summed E-state index contributed by atoms with van der Waals surface area (Å²) in [5.41, 5.74) is 1.40. The number of nitrogens with one attached hydrogen (secondary N) is 1. The third-order valence-electron chi connectivity index (χ3n) is 3.46. The summed E-state index contributed by atoms with van der Waals surface area (Å²) in [6.07, 6.45) is -0.910. The quantitative estimate of drug-likeness (QED) is 0.649. The Hall–Kier alpha value is -2.51. The summed E-state index contributed by atoms with van der Waals surface area (Å²) in [4.78, 5) is 24.8. The van der Waals surface area contributed by atoms with Gasteiger partial charge in [0.1, 0.15) is 5.69 Å². The number of amides is 1. The monoisotopic (exact) mass is 294 g/mol. The molecule has 2 rings (SSSR count). The third kappa shape index (κ3) is 3.33. The van der Waals surface area contributed by atoms with E-state index >= 15 is 0 Å². The first kappa shape index (κ1) is 14.9. The highest BCUT2D eigenvalue weighted by atomic mass is 16.6. The highest BCUT2D eigenvalue weighted by Gasteiger charge is 2.22. The Morgan fingerprint density at radius 2 is 2.05 bits per heavy atom. The number of benzene rings is 1. The average molecular weight is 294 g/mol. The van der Waals surface area contributed by atoms with Gasteiger partial charge in [-0.05, 0) is 19.1 Å². The van der Waals surface area contributed by atoms with Crippen molar-refractivity contribution in [3.8, 4) is 0 Å². The normalized spacial score (nSPS) is 14.9. The molecule has 8 nitrogen and oxygen atoms in total. The number of nitrogens with zero attached hydrogens (tertiary/aromatic N) is 3. The summed E-state index contributed by atoms with van der Waals surface area (Å²) in [5, 5.41) is 22.9. The number of nitro benzene ring substituents is 1. The van der Waals surface area contributed by atoms with Crippen LogP contribution in [0.4, 0.5) is 21.9 Å². The van der Waals surface area contributed by atoms with Crippen LogP contribution >= 0.6 is 0 Å². The van der Waals surface area contributed by atoms with Crippen LogP contribution in [0, 0.1) is 10.1 Å². The van der Waals surface area contributed by atoms with Gasteiger partial charge in [0.25, 0.3) is 5.69 Å². The Balaban J connectivity index is 2.16. The predicted molar refractivity (Wildman–Crippen MR) is 79.1 cm³/mol. The van der Waals surface area contributed by atoms with Crippen molar-refractivity contribution in [2.75, 3.05) is 42.9 Å². The van der Waals surface area contributed by atoms with E-state index in [2.05, 4.69) is 5.32 Å². The molecule has 8 heteroatoms. The molecule has 21 heavy (non-hydrogen) atoms. The third-order valence-corrected chi connectivity index (χ3v) is 3.46. The molecule has 0 unspecified atom stereocenters. The second kappa shape index (κ2) is 6.29. The van der Waals surface area contributed by atoms with Crippen LogP contribution < -0.4 is 10.2 Å². The molecular formula is C13H18N4O4. The first-order valence-corrected chi connectivity index (χ1v) is 6.78. The van der Waals surface area contributed by atoms with Crippen LogP contribution in [0.3, 0.4) is 0 Å². The van der Waals surface area contributed by atoms with Crippen molar-refractivity contribution in [3.05, 3.63) is 28.3 Å². The van der Waals surface area contributed by atoms with E-state index in [1.165, 1.54) is 11.0 Å². The second-order valence-corrected chi connectivity index (χ2v) is 4.75. The number of anilines is 2. The molecule has 0 radical (unpaired) electrons. The molecule has 1 heterocycles. The van der Waals surface area contributed by atoms with Gasteiger partial charge in [-0.15, -0.1) is 0 Å². The van der Waals surface area contributed by atoms with Crippen LogP contribution in [-0.2, 0) is 0 Å². The van der Waals surface area contributed by atoms with Crippen molar-refractivity contribution in [1.82, 2.24) is 4.90 Å². The molecule has 1 amide bonds. The van der Waals surface area contributed by atoms with Crippen molar-refractivity contribution in [3.63, 3.8) is 0 Å². The van der Waals surface area contributed by atoms with Gasteiger partial charge >= 0.3 is 6.09 Å². The highest BCUT2D eigenvalue weighted by molar-refractivity contribution is 5.70. The lowest BCUT2D eigenvalue weighted by atomic mass is 10.2. The van der Waals surface area contributed by atoms with Gasteiger partial charge in [-0.1, -0.05) is 0 Å². The van der Waals surface area contributed by atoms with E-state index in [-0.39, 0.29) is 5.69 Å². The zero-order valence-corrected chi connectivity index (χ0v) is 11.8. The van der Waals surface area contributed by atoms with E-state index < -0.39 is 11.0 Å². The average Bonchev–Trinajstić information content (AvgIpc) is 2.47. The Labute approximate surface area is 122 Å². The highest BCUT2D eigenvalue weighted by Crippen LogP contribution is 2.30. The van der Waals surface area contributed by atoms with Gasteiger partial charge in [0.15, 0.2) is 0 Å². The predicted octanol–water partition coefficient (Wildman–Crippen LogP) is 1.83. The topological polar surface area (TPSA) is 99.0 Å². The minimum Gasteiger partial charge on any atom is -0.465 e. The summed E-state index contributed by atoms with van der Waals surface area (Å²) < 4.78 is 0. The Morgan fingerprint density at radius 3 is 2.57 bits per heavy atom. The number of rotatable bonds is 4. The molecule has 0 bridgehead atoms. The summed E-state index contributed by atoms with van der Waals surface area (Å²) >= 11 is 0. The fraction of sp³-hybridized carbons (Fsp3) is 0.462. The lowest BCUT2D eigenvalue weighted by Gasteiger charge is -2.34. The van der Waals surface area contributed by atoms with Crippen LogP contribution in [0.2, 0.25) is 0 Å². The molecule has 0 aliphatic carbocycles.